The fourth-order valence-corrected chi connectivity index (χ4v) is 4.64. The number of amides is 2. The Hall–Kier alpha value is -2.86. The van der Waals surface area contributed by atoms with Gasteiger partial charge in [0.25, 0.3) is 11.7 Å². The zero-order valence-electron chi connectivity index (χ0n) is 17.3. The molecule has 1 fully saturated rings. The molecule has 32 heavy (non-hydrogen) atoms. The fraction of sp³-hybridized carbons (Fsp3) is 0.450. The smallest absolute Gasteiger partial charge is 0.287 e. The minimum atomic E-state index is -2.66. The number of ether oxygens (including phenoxy) is 2. The van der Waals surface area contributed by atoms with Gasteiger partial charge in [-0.05, 0) is 18.6 Å². The molecule has 172 valence electrons. The summed E-state index contributed by atoms with van der Waals surface area (Å²) >= 11 is 1.02. The highest BCUT2D eigenvalue weighted by molar-refractivity contribution is 8.14. The molecule has 0 saturated carbocycles. The number of rotatable bonds is 7. The monoisotopic (exact) mass is 467 g/mol. The van der Waals surface area contributed by atoms with Crippen molar-refractivity contribution in [3.8, 4) is 17.1 Å². The summed E-state index contributed by atoms with van der Waals surface area (Å²) in [6.45, 7) is 0.855. The van der Waals surface area contributed by atoms with Crippen LogP contribution in [0.3, 0.4) is 0 Å². The molecule has 2 aromatic rings. The predicted molar refractivity (Wildman–Crippen MR) is 116 cm³/mol. The predicted octanol–water partition coefficient (Wildman–Crippen LogP) is 2.55. The molecule has 0 aliphatic carbocycles. The van der Waals surface area contributed by atoms with Crippen molar-refractivity contribution < 1.29 is 27.8 Å². The number of nitrogens with one attached hydrogen (secondary N) is 1. The molecule has 2 aliphatic heterocycles. The summed E-state index contributed by atoms with van der Waals surface area (Å²) in [5.74, 6) is 1.03. The summed E-state index contributed by atoms with van der Waals surface area (Å²) in [6, 6.07) is 3.30. The van der Waals surface area contributed by atoms with Gasteiger partial charge < -0.3 is 25.1 Å². The van der Waals surface area contributed by atoms with Crippen molar-refractivity contribution in [1.29, 1.82) is 0 Å². The maximum absolute atomic E-state index is 13.6. The second-order valence-corrected chi connectivity index (χ2v) is 8.45. The molecule has 1 aromatic carbocycles. The van der Waals surface area contributed by atoms with Crippen LogP contribution >= 0.6 is 11.8 Å². The number of carbonyl (C=O) groups is 2. The molecule has 1 unspecified atom stereocenters. The third-order valence-corrected chi connectivity index (χ3v) is 6.18. The number of hydrogen-bond acceptors (Lipinski definition) is 7. The number of nitrogens with two attached hydrogens (primary N) is 1. The largest absolute Gasteiger partial charge is 0.491 e. The lowest BCUT2D eigenvalue weighted by Crippen LogP contribution is -2.46. The molecule has 2 amide bonds. The summed E-state index contributed by atoms with van der Waals surface area (Å²) in [4.78, 5) is 29.7. The Kier molecular flexibility index (Phi) is 6.51. The second-order valence-electron chi connectivity index (χ2n) is 7.40. The molecule has 0 radical (unpaired) electrons. The minimum Gasteiger partial charge on any atom is -0.491 e. The van der Waals surface area contributed by atoms with Crippen LogP contribution in [0.25, 0.3) is 11.4 Å². The van der Waals surface area contributed by atoms with E-state index in [1.807, 2.05) is 0 Å². The molecule has 1 saturated heterocycles. The van der Waals surface area contributed by atoms with E-state index in [1.54, 1.807) is 29.0 Å². The van der Waals surface area contributed by atoms with Crippen molar-refractivity contribution in [2.24, 2.45) is 5.73 Å². The van der Waals surface area contributed by atoms with E-state index >= 15 is 0 Å². The molecule has 9 nitrogen and oxygen atoms in total. The molecule has 12 heteroatoms. The second kappa shape index (κ2) is 9.33. The van der Waals surface area contributed by atoms with Gasteiger partial charge in [0.2, 0.25) is 5.91 Å². The van der Waals surface area contributed by atoms with Crippen LogP contribution in [0.5, 0.6) is 5.75 Å². The number of nitrogens with zero attached hydrogens (tertiary/aromatic N) is 3. The number of aromatic nitrogens is 2. The number of hydrogen-bond donors (Lipinski definition) is 2. The van der Waals surface area contributed by atoms with Gasteiger partial charge >= 0.3 is 0 Å². The van der Waals surface area contributed by atoms with E-state index < -0.39 is 29.7 Å². The Morgan fingerprint density at radius 2 is 2.28 bits per heavy atom. The van der Waals surface area contributed by atoms with Gasteiger partial charge in [0, 0.05) is 30.8 Å². The van der Waals surface area contributed by atoms with Crippen molar-refractivity contribution in [2.75, 3.05) is 36.3 Å². The highest BCUT2D eigenvalue weighted by atomic mass is 32.2. The number of halogens is 2. The molecule has 0 bridgehead atoms. The highest BCUT2D eigenvalue weighted by Crippen LogP contribution is 2.38. The molecule has 2 aliphatic rings. The number of carbonyl (C=O) groups excluding carboxylic acids is 2. The topological polar surface area (TPSA) is 112 Å². The molecular weight excluding hydrogens is 444 g/mol. The van der Waals surface area contributed by atoms with E-state index in [1.165, 1.54) is 7.11 Å². The SMILES string of the molecule is COCC(Nc1ccc2c(c1)OCCn1cc(N3C(=O)SCC[C@H]3C(F)F)nc1-2)C(N)=O. The van der Waals surface area contributed by atoms with Crippen LogP contribution in [0.4, 0.5) is 25.1 Å². The van der Waals surface area contributed by atoms with E-state index in [0.29, 0.717) is 41.7 Å². The van der Waals surface area contributed by atoms with E-state index in [4.69, 9.17) is 15.2 Å². The zero-order chi connectivity index (χ0) is 22.8. The van der Waals surface area contributed by atoms with Gasteiger partial charge in [-0.3, -0.25) is 14.5 Å². The Balaban J connectivity index is 1.66. The molecule has 4 rings (SSSR count). The van der Waals surface area contributed by atoms with Crippen LogP contribution in [0.15, 0.2) is 24.4 Å². The number of anilines is 2. The molecule has 1 aromatic heterocycles. The van der Waals surface area contributed by atoms with Gasteiger partial charge in [-0.15, -0.1) is 0 Å². The van der Waals surface area contributed by atoms with Crippen molar-refractivity contribution >= 4 is 34.4 Å². The van der Waals surface area contributed by atoms with Crippen molar-refractivity contribution in [2.45, 2.75) is 31.5 Å². The lowest BCUT2D eigenvalue weighted by atomic mass is 10.1. The van der Waals surface area contributed by atoms with E-state index in [0.717, 1.165) is 16.7 Å². The Morgan fingerprint density at radius 3 is 3.00 bits per heavy atom. The number of alkyl halides is 2. The first kappa shape index (κ1) is 22.3. The van der Waals surface area contributed by atoms with Crippen LogP contribution in [0.2, 0.25) is 0 Å². The van der Waals surface area contributed by atoms with Gasteiger partial charge in [0.15, 0.2) is 5.82 Å². The molecule has 2 atom stereocenters. The molecule has 0 spiro atoms. The van der Waals surface area contributed by atoms with Gasteiger partial charge in [0.05, 0.1) is 18.7 Å². The minimum absolute atomic E-state index is 0.105. The average molecular weight is 467 g/mol. The first-order valence-corrected chi connectivity index (χ1v) is 11.0. The van der Waals surface area contributed by atoms with Crippen LogP contribution in [-0.2, 0) is 16.1 Å². The van der Waals surface area contributed by atoms with Crippen LogP contribution in [-0.4, -0.2) is 65.3 Å². The van der Waals surface area contributed by atoms with Gasteiger partial charge in [-0.2, -0.15) is 0 Å². The van der Waals surface area contributed by atoms with Crippen LogP contribution in [0.1, 0.15) is 6.42 Å². The summed E-state index contributed by atoms with van der Waals surface area (Å²) in [5, 5.41) is 2.58. The van der Waals surface area contributed by atoms with Gasteiger partial charge in [-0.1, -0.05) is 11.8 Å². The first-order valence-electron chi connectivity index (χ1n) is 10.0. The summed E-state index contributed by atoms with van der Waals surface area (Å²) in [5.41, 5.74) is 6.65. The van der Waals surface area contributed by atoms with E-state index in [9.17, 15) is 18.4 Å². The lowest BCUT2D eigenvalue weighted by Gasteiger charge is -2.32. The highest BCUT2D eigenvalue weighted by Gasteiger charge is 2.38. The quantitative estimate of drug-likeness (QED) is 0.644. The third-order valence-electron chi connectivity index (χ3n) is 5.30. The number of methoxy groups -OCH3 is 1. The summed E-state index contributed by atoms with van der Waals surface area (Å²) in [6.07, 6.45) is -0.843. The Labute approximate surface area is 187 Å². The van der Waals surface area contributed by atoms with E-state index in [2.05, 4.69) is 10.3 Å². The summed E-state index contributed by atoms with van der Waals surface area (Å²) < 4.78 is 39.8. The average Bonchev–Trinajstić information content (AvgIpc) is 3.09. The van der Waals surface area contributed by atoms with Crippen molar-refractivity contribution in [1.82, 2.24) is 9.55 Å². The van der Waals surface area contributed by atoms with Crippen LogP contribution in [0, 0.1) is 0 Å². The van der Waals surface area contributed by atoms with Gasteiger partial charge in [-0.25, -0.2) is 13.8 Å². The number of thioether (sulfide) groups is 1. The Bertz CT molecular complexity index is 1020. The van der Waals surface area contributed by atoms with Crippen molar-refractivity contribution in [3.63, 3.8) is 0 Å². The normalized spacial score (nSPS) is 19.1. The standard InChI is InChI=1S/C20H23F2N5O4S/c1-30-10-13(18(23)28)24-11-2-3-12-15(8-11)31-6-5-26-9-16(25-19(12)26)27-14(17(21)22)4-7-32-20(27)29/h2-3,8-9,13-14,17,24H,4-7,10H2,1H3,(H2,23,28)/t13?,14-/m0/s1. The fourth-order valence-electron chi connectivity index (χ4n) is 3.74. The maximum Gasteiger partial charge on any atom is 0.287 e. The molecular formula is C20H23F2N5O4S. The Morgan fingerprint density at radius 1 is 1.47 bits per heavy atom. The number of primary amides is 1. The zero-order valence-corrected chi connectivity index (χ0v) is 18.1. The molecule has 3 N–H and O–H groups in total. The number of fused-ring (bicyclic) bond motifs is 3. The molecule has 3 heterocycles. The third kappa shape index (κ3) is 4.37. The summed E-state index contributed by atoms with van der Waals surface area (Å²) in [7, 11) is 1.47. The van der Waals surface area contributed by atoms with Crippen LogP contribution < -0.4 is 20.7 Å². The first-order chi connectivity index (χ1) is 15.4. The van der Waals surface area contributed by atoms with Crippen molar-refractivity contribution in [3.05, 3.63) is 24.4 Å². The number of benzene rings is 1. The van der Waals surface area contributed by atoms with Gasteiger partial charge in [0.1, 0.15) is 30.3 Å². The van der Waals surface area contributed by atoms with E-state index in [-0.39, 0.29) is 18.8 Å². The number of imidazole rings is 1. The maximum atomic E-state index is 13.6. The lowest BCUT2D eigenvalue weighted by molar-refractivity contribution is -0.119.